The second kappa shape index (κ2) is 14.0. The van der Waals surface area contributed by atoms with E-state index in [-0.39, 0.29) is 41.0 Å². The lowest BCUT2D eigenvalue weighted by atomic mass is 10.0. The van der Waals surface area contributed by atoms with Gasteiger partial charge in [0.05, 0.1) is 29.9 Å². The molecule has 0 spiro atoms. The van der Waals surface area contributed by atoms with E-state index in [0.717, 1.165) is 18.2 Å². The third-order valence-corrected chi connectivity index (χ3v) is 5.34. The van der Waals surface area contributed by atoms with E-state index >= 15 is 0 Å². The van der Waals surface area contributed by atoms with Crippen LogP contribution in [-0.4, -0.2) is 21.3 Å². The first kappa shape index (κ1) is 33.5. The van der Waals surface area contributed by atoms with Crippen LogP contribution in [-0.2, 0) is 25.6 Å². The Morgan fingerprint density at radius 3 is 1.51 bits per heavy atom. The highest BCUT2D eigenvalue weighted by atomic mass is 19.4. The third kappa shape index (κ3) is 10.3. The van der Waals surface area contributed by atoms with Crippen molar-refractivity contribution in [3.8, 4) is 0 Å². The second-order valence-corrected chi connectivity index (χ2v) is 8.29. The molecule has 0 saturated heterocycles. The number of aliphatic hydroxyl groups excluding tert-OH is 2. The van der Waals surface area contributed by atoms with Crippen LogP contribution in [0.15, 0.2) is 54.6 Å². The minimum atomic E-state index is -4.50. The van der Waals surface area contributed by atoms with E-state index in [1.807, 2.05) is 0 Å². The quantitative estimate of drug-likeness (QED) is 0.284. The van der Waals surface area contributed by atoms with Gasteiger partial charge in [0.2, 0.25) is 0 Å². The molecule has 0 amide bonds. The summed E-state index contributed by atoms with van der Waals surface area (Å²) in [4.78, 5) is 10.4. The van der Waals surface area contributed by atoms with Crippen LogP contribution < -0.4 is 0 Å². The molecule has 214 valence electrons. The van der Waals surface area contributed by atoms with Crippen LogP contribution in [0.2, 0.25) is 0 Å². The van der Waals surface area contributed by atoms with E-state index in [0.29, 0.717) is 17.2 Å². The van der Waals surface area contributed by atoms with Crippen molar-refractivity contribution >= 4 is 5.97 Å². The molecule has 0 radical (unpaired) electrons. The molecule has 3 rings (SSSR count). The van der Waals surface area contributed by atoms with Gasteiger partial charge in [0.1, 0.15) is 0 Å². The summed E-state index contributed by atoms with van der Waals surface area (Å²) in [6, 6.07) is 11.3. The largest absolute Gasteiger partial charge is 0.478 e. The molecule has 0 aliphatic heterocycles. The summed E-state index contributed by atoms with van der Waals surface area (Å²) < 4.78 is 98.3. The first-order valence-corrected chi connectivity index (χ1v) is 11.1. The Morgan fingerprint density at radius 2 is 1.10 bits per heavy atom. The summed E-state index contributed by atoms with van der Waals surface area (Å²) in [7, 11) is 0. The Morgan fingerprint density at radius 1 is 0.692 bits per heavy atom. The van der Waals surface area contributed by atoms with Crippen LogP contribution in [0.5, 0.6) is 0 Å². The van der Waals surface area contributed by atoms with Gasteiger partial charge in [-0.05, 0) is 72.9 Å². The highest BCUT2D eigenvalue weighted by Crippen LogP contribution is 2.33. The summed E-state index contributed by atoms with van der Waals surface area (Å²) in [6.07, 6.45) is -11.3. The molecule has 0 aliphatic carbocycles. The minimum absolute atomic E-state index is 0.00144. The molecular weight excluding hydrogens is 540 g/mol. The van der Waals surface area contributed by atoms with Crippen LogP contribution in [0.4, 0.5) is 35.1 Å². The van der Waals surface area contributed by atoms with Crippen molar-refractivity contribution in [3.05, 3.63) is 105 Å². The lowest BCUT2D eigenvalue weighted by Gasteiger charge is -2.10. The van der Waals surface area contributed by atoms with Crippen molar-refractivity contribution in [2.45, 2.75) is 52.8 Å². The summed E-state index contributed by atoms with van der Waals surface area (Å²) in [5, 5.41) is 25.8. The first-order valence-electron chi connectivity index (χ1n) is 11.1. The van der Waals surface area contributed by atoms with Crippen LogP contribution in [0, 0.1) is 20.8 Å². The lowest BCUT2D eigenvalue weighted by molar-refractivity contribution is -0.138. The number of carbonyl (C=O) groups is 1. The maximum absolute atomic E-state index is 12.3. The molecule has 0 bridgehead atoms. The number of alkyl halides is 8. The van der Waals surface area contributed by atoms with Crippen molar-refractivity contribution in [1.29, 1.82) is 0 Å². The molecule has 0 fully saturated rings. The zero-order valence-corrected chi connectivity index (χ0v) is 21.0. The number of aliphatic hydroxyl groups is 2. The average molecular weight is 566 g/mol. The molecule has 0 saturated carbocycles. The molecule has 3 N–H and O–H groups in total. The predicted molar refractivity (Wildman–Crippen MR) is 127 cm³/mol. The monoisotopic (exact) mass is 566 g/mol. The normalized spacial score (nSPS) is 11.3. The fourth-order valence-corrected chi connectivity index (χ4v) is 3.16. The maximum atomic E-state index is 12.3. The van der Waals surface area contributed by atoms with Crippen molar-refractivity contribution in [2.24, 2.45) is 0 Å². The number of carboxylic acid groups (broad SMARTS) is 1. The topological polar surface area (TPSA) is 77.8 Å². The number of hydrogen-bond donors (Lipinski definition) is 3. The zero-order chi connectivity index (χ0) is 30.1. The third-order valence-electron chi connectivity index (χ3n) is 5.34. The van der Waals surface area contributed by atoms with Crippen molar-refractivity contribution < 1.29 is 55.2 Å². The van der Waals surface area contributed by atoms with Gasteiger partial charge in [-0.1, -0.05) is 30.3 Å². The first-order chi connectivity index (χ1) is 17.9. The number of hydrogen-bond acceptors (Lipinski definition) is 3. The van der Waals surface area contributed by atoms with Crippen LogP contribution in [0.3, 0.4) is 0 Å². The lowest BCUT2D eigenvalue weighted by Crippen LogP contribution is -2.09. The molecule has 3 aromatic carbocycles. The van der Waals surface area contributed by atoms with Gasteiger partial charge in [-0.25, -0.2) is 13.6 Å². The summed E-state index contributed by atoms with van der Waals surface area (Å²) in [6.45, 7) is 3.74. The van der Waals surface area contributed by atoms with E-state index in [2.05, 4.69) is 0 Å². The van der Waals surface area contributed by atoms with Gasteiger partial charge in [-0.15, -0.1) is 0 Å². The van der Waals surface area contributed by atoms with Gasteiger partial charge in [0.25, 0.3) is 6.43 Å². The van der Waals surface area contributed by atoms with Gasteiger partial charge >= 0.3 is 18.3 Å². The van der Waals surface area contributed by atoms with Crippen LogP contribution in [0.25, 0.3) is 0 Å². The van der Waals surface area contributed by atoms with E-state index in [4.69, 9.17) is 15.3 Å². The molecule has 12 heteroatoms. The van der Waals surface area contributed by atoms with E-state index in [9.17, 15) is 39.9 Å². The smallest absolute Gasteiger partial charge is 0.416 e. The van der Waals surface area contributed by atoms with Gasteiger partial charge in [-0.3, -0.25) is 0 Å². The Bertz CT molecular complexity index is 1250. The molecule has 0 aromatic heterocycles. The Kier molecular flexibility index (Phi) is 12.1. The summed E-state index contributed by atoms with van der Waals surface area (Å²) >= 11 is 0. The molecule has 0 heterocycles. The number of carboxylic acids is 1. The highest BCUT2D eigenvalue weighted by Gasteiger charge is 2.33. The summed E-state index contributed by atoms with van der Waals surface area (Å²) in [5.74, 6) is -1.37. The van der Waals surface area contributed by atoms with Gasteiger partial charge in [0, 0.05) is 5.56 Å². The van der Waals surface area contributed by atoms with Crippen LogP contribution >= 0.6 is 0 Å². The number of rotatable bonds is 4. The maximum Gasteiger partial charge on any atom is 0.416 e. The van der Waals surface area contributed by atoms with Crippen molar-refractivity contribution in [3.63, 3.8) is 0 Å². The Balaban J connectivity index is 0.000000293. The van der Waals surface area contributed by atoms with Gasteiger partial charge < -0.3 is 15.3 Å². The SMILES string of the molecule is Cc1ccc(C(=O)O)cc1C(F)(F)F.Cc1ccc(CO)cc1C(F)(F)F.Cc1ccc(CO)cc1C(F)F. The molecule has 0 atom stereocenters. The highest BCUT2D eigenvalue weighted by molar-refractivity contribution is 5.87. The van der Waals surface area contributed by atoms with Crippen molar-refractivity contribution in [1.82, 2.24) is 0 Å². The molecule has 3 aromatic rings. The average Bonchev–Trinajstić information content (AvgIpc) is 2.84. The van der Waals surface area contributed by atoms with Crippen molar-refractivity contribution in [2.75, 3.05) is 0 Å². The van der Waals surface area contributed by atoms with Crippen LogP contribution in [0.1, 0.15) is 61.3 Å². The summed E-state index contributed by atoms with van der Waals surface area (Å²) in [5.41, 5.74) is -0.399. The van der Waals surface area contributed by atoms with Gasteiger partial charge in [0.15, 0.2) is 0 Å². The number of aryl methyl sites for hydroxylation is 3. The number of aromatic carboxylic acids is 1. The van der Waals surface area contributed by atoms with Gasteiger partial charge in [-0.2, -0.15) is 26.3 Å². The number of benzene rings is 3. The molecule has 0 unspecified atom stereocenters. The Hall–Kier alpha value is -3.51. The van der Waals surface area contributed by atoms with E-state index in [1.165, 1.54) is 32.0 Å². The Labute approximate surface area is 219 Å². The van der Waals surface area contributed by atoms with E-state index < -0.39 is 35.9 Å². The second-order valence-electron chi connectivity index (χ2n) is 8.29. The standard InChI is InChI=1S/C9H7F3O2.C9H9F3O.C9H10F2O/c1-5-2-3-6(8(13)14)4-7(5)9(10,11)12;1-6-2-3-7(5-13)4-8(6)9(10,11)12;1-6-2-3-7(5-12)4-8(6)9(10)11/h2-4H,1H3,(H,13,14);2-4,13H,5H2,1H3;2-4,9,12H,5H2,1H3. The molecular formula is C27H26F8O4. The predicted octanol–water partition coefficient (Wildman–Crippen LogP) is 7.64. The molecule has 4 nitrogen and oxygen atoms in total. The molecule has 39 heavy (non-hydrogen) atoms. The molecule has 0 aliphatic rings. The zero-order valence-electron chi connectivity index (χ0n) is 21.0. The van der Waals surface area contributed by atoms with E-state index in [1.54, 1.807) is 19.1 Å². The fraction of sp³-hybridized carbons (Fsp3) is 0.296. The minimum Gasteiger partial charge on any atom is -0.478 e. The fourth-order valence-electron chi connectivity index (χ4n) is 3.16. The number of halogens is 8.